The molecule has 1 aromatic heterocycles. The Kier molecular flexibility index (Phi) is 6.85. The van der Waals surface area contributed by atoms with Gasteiger partial charge in [0.25, 0.3) is 0 Å². The molecule has 0 amide bonds. The molecule has 0 saturated carbocycles. The highest BCUT2D eigenvalue weighted by molar-refractivity contribution is 6.30. The standard InChI is InChI=1S/C26H30ClN3O3/c27-22-5-3-21(4-6-22)11-12-26(19-29-16-13-28-20-29)32-18-25(33-26)17-31-24-9-7-23(8-10-24)30-14-1-2-15-30/h3-10,13,16,20,25H,1-2,11-12,14-15,17-19H2/t25-,26+/m1/s1. The number of hydrogen-bond donors (Lipinski definition) is 0. The van der Waals surface area contributed by atoms with Crippen molar-refractivity contribution in [2.45, 2.75) is 44.1 Å². The maximum atomic E-state index is 6.46. The van der Waals surface area contributed by atoms with E-state index >= 15 is 0 Å². The van der Waals surface area contributed by atoms with Crippen LogP contribution in [0.15, 0.2) is 67.3 Å². The summed E-state index contributed by atoms with van der Waals surface area (Å²) in [5.41, 5.74) is 2.47. The van der Waals surface area contributed by atoms with Crippen LogP contribution in [0.1, 0.15) is 24.8 Å². The number of aryl methyl sites for hydroxylation is 1. The average molecular weight is 468 g/mol. The fraction of sp³-hybridized carbons (Fsp3) is 0.423. The van der Waals surface area contributed by atoms with Crippen molar-refractivity contribution >= 4 is 17.3 Å². The summed E-state index contributed by atoms with van der Waals surface area (Å²) in [6.45, 7) is 3.82. The lowest BCUT2D eigenvalue weighted by Crippen LogP contribution is -2.37. The molecule has 2 atom stereocenters. The van der Waals surface area contributed by atoms with Crippen LogP contribution in [0.5, 0.6) is 5.75 Å². The third-order valence-electron chi connectivity index (χ3n) is 6.35. The topological polar surface area (TPSA) is 48.8 Å². The van der Waals surface area contributed by atoms with Crippen molar-refractivity contribution in [1.29, 1.82) is 0 Å². The highest BCUT2D eigenvalue weighted by atomic mass is 35.5. The van der Waals surface area contributed by atoms with Crippen LogP contribution in [0.25, 0.3) is 0 Å². The zero-order valence-corrected chi connectivity index (χ0v) is 19.5. The molecule has 0 bridgehead atoms. The van der Waals surface area contributed by atoms with Gasteiger partial charge in [-0.05, 0) is 61.2 Å². The molecule has 0 aliphatic carbocycles. The molecule has 3 aromatic rings. The lowest BCUT2D eigenvalue weighted by molar-refractivity contribution is -0.184. The second kappa shape index (κ2) is 10.2. The number of rotatable bonds is 9. The Morgan fingerprint density at radius 2 is 1.85 bits per heavy atom. The van der Waals surface area contributed by atoms with E-state index in [-0.39, 0.29) is 6.10 Å². The Hall–Kier alpha value is -2.54. The molecule has 2 aromatic carbocycles. The predicted molar refractivity (Wildman–Crippen MR) is 129 cm³/mol. The van der Waals surface area contributed by atoms with Gasteiger partial charge in [0.1, 0.15) is 18.5 Å². The lowest BCUT2D eigenvalue weighted by Gasteiger charge is -2.28. The van der Waals surface area contributed by atoms with E-state index in [1.807, 2.05) is 35.0 Å². The Morgan fingerprint density at radius 3 is 2.58 bits per heavy atom. The third kappa shape index (κ3) is 5.69. The minimum Gasteiger partial charge on any atom is -0.491 e. The monoisotopic (exact) mass is 467 g/mol. The van der Waals surface area contributed by atoms with Crippen LogP contribution >= 0.6 is 11.6 Å². The van der Waals surface area contributed by atoms with Crippen molar-refractivity contribution in [2.75, 3.05) is 31.2 Å². The molecule has 2 saturated heterocycles. The summed E-state index contributed by atoms with van der Waals surface area (Å²) in [6, 6.07) is 16.3. The van der Waals surface area contributed by atoms with Gasteiger partial charge in [0, 0.05) is 42.6 Å². The Labute approximate surface area is 200 Å². The van der Waals surface area contributed by atoms with Gasteiger partial charge in [-0.25, -0.2) is 4.98 Å². The molecule has 174 valence electrons. The largest absolute Gasteiger partial charge is 0.491 e. The summed E-state index contributed by atoms with van der Waals surface area (Å²) in [5.74, 6) is 0.142. The zero-order chi connectivity index (χ0) is 22.5. The lowest BCUT2D eigenvalue weighted by atomic mass is 10.0. The van der Waals surface area contributed by atoms with Crippen LogP contribution in [-0.2, 0) is 22.4 Å². The first-order chi connectivity index (χ1) is 16.2. The number of halogens is 1. The van der Waals surface area contributed by atoms with Gasteiger partial charge in [-0.15, -0.1) is 0 Å². The first kappa shape index (κ1) is 22.3. The first-order valence-corrected chi connectivity index (χ1v) is 12.1. The molecule has 2 fully saturated rings. The molecule has 3 heterocycles. The normalized spacial score (nSPS) is 22.7. The molecule has 0 N–H and O–H groups in total. The van der Waals surface area contributed by atoms with Crippen LogP contribution in [0.4, 0.5) is 5.69 Å². The maximum Gasteiger partial charge on any atom is 0.187 e. The molecule has 2 aliphatic heterocycles. The number of aromatic nitrogens is 2. The van der Waals surface area contributed by atoms with Gasteiger partial charge >= 0.3 is 0 Å². The van der Waals surface area contributed by atoms with Gasteiger partial charge in [-0.2, -0.15) is 0 Å². The Morgan fingerprint density at radius 1 is 1.06 bits per heavy atom. The quantitative estimate of drug-likeness (QED) is 0.445. The summed E-state index contributed by atoms with van der Waals surface area (Å²) in [6.07, 6.45) is 9.48. The van der Waals surface area contributed by atoms with Crippen molar-refractivity contribution in [1.82, 2.24) is 9.55 Å². The summed E-state index contributed by atoms with van der Waals surface area (Å²) >= 11 is 6.03. The number of nitrogens with zero attached hydrogens (tertiary/aromatic N) is 3. The van der Waals surface area contributed by atoms with Crippen molar-refractivity contribution < 1.29 is 14.2 Å². The van der Waals surface area contributed by atoms with Crippen molar-refractivity contribution in [3.63, 3.8) is 0 Å². The van der Waals surface area contributed by atoms with Crippen molar-refractivity contribution in [3.05, 3.63) is 77.8 Å². The van der Waals surface area contributed by atoms with Gasteiger partial charge < -0.3 is 23.7 Å². The SMILES string of the molecule is Clc1ccc(CC[C@]2(Cn3ccnc3)OC[C@@H](COc3ccc(N4CCCC4)cc3)O2)cc1. The van der Waals surface area contributed by atoms with E-state index in [1.54, 1.807) is 12.5 Å². The molecule has 0 radical (unpaired) electrons. The highest BCUT2D eigenvalue weighted by Crippen LogP contribution is 2.32. The van der Waals surface area contributed by atoms with Gasteiger partial charge in [-0.1, -0.05) is 23.7 Å². The fourth-order valence-electron chi connectivity index (χ4n) is 4.55. The van der Waals surface area contributed by atoms with Gasteiger partial charge in [0.05, 0.1) is 19.5 Å². The molecular weight excluding hydrogens is 438 g/mol. The number of anilines is 1. The van der Waals surface area contributed by atoms with Gasteiger partial charge in [-0.3, -0.25) is 0 Å². The molecule has 0 unspecified atom stereocenters. The van der Waals surface area contributed by atoms with Crippen LogP contribution in [0.3, 0.4) is 0 Å². The van der Waals surface area contributed by atoms with E-state index in [1.165, 1.54) is 24.1 Å². The van der Waals surface area contributed by atoms with E-state index in [9.17, 15) is 0 Å². The second-order valence-corrected chi connectivity index (χ2v) is 9.26. The zero-order valence-electron chi connectivity index (χ0n) is 18.7. The van der Waals surface area contributed by atoms with Crippen molar-refractivity contribution in [2.24, 2.45) is 0 Å². The number of ether oxygens (including phenoxy) is 3. The van der Waals surface area contributed by atoms with Crippen LogP contribution in [0, 0.1) is 0 Å². The van der Waals surface area contributed by atoms with Crippen LogP contribution < -0.4 is 9.64 Å². The summed E-state index contributed by atoms with van der Waals surface area (Å²) in [4.78, 5) is 6.58. The molecule has 33 heavy (non-hydrogen) atoms. The first-order valence-electron chi connectivity index (χ1n) is 11.7. The van der Waals surface area contributed by atoms with E-state index in [0.29, 0.717) is 19.8 Å². The molecule has 2 aliphatic rings. The van der Waals surface area contributed by atoms with Crippen LogP contribution in [0.2, 0.25) is 5.02 Å². The summed E-state index contributed by atoms with van der Waals surface area (Å²) in [5, 5.41) is 0.742. The average Bonchev–Trinajstić information content (AvgIpc) is 3.61. The molecule has 7 heteroatoms. The minimum atomic E-state index is -0.714. The molecule has 6 nitrogen and oxygen atoms in total. The molecule has 5 rings (SSSR count). The minimum absolute atomic E-state index is 0.128. The smallest absolute Gasteiger partial charge is 0.187 e. The van der Waals surface area contributed by atoms with Gasteiger partial charge in [0.15, 0.2) is 5.79 Å². The van der Waals surface area contributed by atoms with E-state index < -0.39 is 5.79 Å². The third-order valence-corrected chi connectivity index (χ3v) is 6.60. The van der Waals surface area contributed by atoms with Gasteiger partial charge in [0.2, 0.25) is 0 Å². The number of benzene rings is 2. The predicted octanol–water partition coefficient (Wildman–Crippen LogP) is 4.96. The number of hydrogen-bond acceptors (Lipinski definition) is 5. The fourth-order valence-corrected chi connectivity index (χ4v) is 4.68. The summed E-state index contributed by atoms with van der Waals surface area (Å²) < 4.78 is 20.8. The second-order valence-electron chi connectivity index (χ2n) is 8.82. The Balaban J connectivity index is 1.19. The van der Waals surface area contributed by atoms with E-state index in [0.717, 1.165) is 36.7 Å². The summed E-state index contributed by atoms with van der Waals surface area (Å²) in [7, 11) is 0. The van der Waals surface area contributed by atoms with Crippen molar-refractivity contribution in [3.8, 4) is 5.75 Å². The molecular formula is C26H30ClN3O3. The Bertz CT molecular complexity index is 1000. The maximum absolute atomic E-state index is 6.46. The van der Waals surface area contributed by atoms with Crippen LogP contribution in [-0.4, -0.2) is 47.7 Å². The molecule has 0 spiro atoms. The number of imidazole rings is 1. The van der Waals surface area contributed by atoms with E-state index in [2.05, 4.69) is 34.1 Å². The highest BCUT2D eigenvalue weighted by Gasteiger charge is 2.42. The van der Waals surface area contributed by atoms with E-state index in [4.69, 9.17) is 25.8 Å².